The topological polar surface area (TPSA) is 116 Å². The molecule has 0 aromatic heterocycles. The predicted octanol–water partition coefficient (Wildman–Crippen LogP) is 2.59. The molecule has 4 saturated carbocycles. The molecule has 4 fully saturated rings. The van der Waals surface area contributed by atoms with Crippen molar-refractivity contribution in [1.82, 2.24) is 0 Å². The van der Waals surface area contributed by atoms with Gasteiger partial charge in [0.1, 0.15) is 23.6 Å². The fraction of sp³-hybridized carbons (Fsp3) is 0.840. The van der Waals surface area contributed by atoms with Crippen LogP contribution in [0, 0.1) is 34.5 Å². The Morgan fingerprint density at radius 3 is 2.27 bits per heavy atom. The van der Waals surface area contributed by atoms with Crippen molar-refractivity contribution < 1.29 is 38.5 Å². The van der Waals surface area contributed by atoms with Crippen LogP contribution >= 0.6 is 0 Å². The number of fused-ring (bicyclic) bond motifs is 5. The lowest BCUT2D eigenvalue weighted by Crippen LogP contribution is -2.68. The summed E-state index contributed by atoms with van der Waals surface area (Å²) in [6, 6.07) is 0. The smallest absolute Gasteiger partial charge is 0.309 e. The van der Waals surface area contributed by atoms with Gasteiger partial charge < -0.3 is 19.3 Å². The van der Waals surface area contributed by atoms with Crippen LogP contribution < -0.4 is 0 Å². The molecule has 184 valence electrons. The summed E-state index contributed by atoms with van der Waals surface area (Å²) in [5.74, 6) is -2.60. The number of hydrogen-bond acceptors (Lipinski definition) is 8. The summed E-state index contributed by atoms with van der Waals surface area (Å²) in [6.45, 7) is 6.61. The molecule has 8 nitrogen and oxygen atoms in total. The molecule has 8 heteroatoms. The first-order valence-electron chi connectivity index (χ1n) is 12.1. The molecule has 4 rings (SSSR count). The summed E-state index contributed by atoms with van der Waals surface area (Å²) in [7, 11) is 1.30. The minimum Gasteiger partial charge on any atom is -0.469 e. The maximum absolute atomic E-state index is 13.8. The van der Waals surface area contributed by atoms with Gasteiger partial charge in [0.05, 0.1) is 13.0 Å². The highest BCUT2D eigenvalue weighted by molar-refractivity contribution is 5.87. The van der Waals surface area contributed by atoms with Crippen molar-refractivity contribution in [2.45, 2.75) is 90.4 Å². The lowest BCUT2D eigenvalue weighted by atomic mass is 9.42. The first-order valence-corrected chi connectivity index (χ1v) is 12.1. The molecular formula is C25H36O8. The molecule has 4 aliphatic rings. The minimum atomic E-state index is -1.50. The van der Waals surface area contributed by atoms with Crippen LogP contribution in [-0.4, -0.2) is 53.7 Å². The molecule has 4 aliphatic carbocycles. The van der Waals surface area contributed by atoms with Gasteiger partial charge in [-0.05, 0) is 43.4 Å². The molecule has 0 saturated heterocycles. The van der Waals surface area contributed by atoms with Crippen LogP contribution in [0.4, 0.5) is 0 Å². The van der Waals surface area contributed by atoms with Crippen LogP contribution in [0.25, 0.3) is 0 Å². The van der Waals surface area contributed by atoms with E-state index in [1.165, 1.54) is 21.0 Å². The Labute approximate surface area is 194 Å². The SMILES string of the molecule is COC(=O)[C@H]1C[C@H](OC(C)=O)[C@@]2(O)[C@@H]3CC[C@@H]4C[C@@H](OC(C)=O)CC[C@]4(C)[C@H]3C(=O)C[C@]12C. The summed E-state index contributed by atoms with van der Waals surface area (Å²) >= 11 is 0. The molecule has 0 radical (unpaired) electrons. The maximum Gasteiger partial charge on any atom is 0.309 e. The van der Waals surface area contributed by atoms with Crippen molar-refractivity contribution in [3.05, 3.63) is 0 Å². The third-order valence-corrected chi connectivity index (χ3v) is 9.63. The Kier molecular flexibility index (Phi) is 5.91. The maximum atomic E-state index is 13.8. The number of aliphatic hydroxyl groups is 1. The lowest BCUT2D eigenvalue weighted by molar-refractivity contribution is -0.235. The van der Waals surface area contributed by atoms with E-state index < -0.39 is 46.8 Å². The highest BCUT2D eigenvalue weighted by Gasteiger charge is 2.75. The first-order chi connectivity index (χ1) is 15.4. The summed E-state index contributed by atoms with van der Waals surface area (Å²) in [5, 5.41) is 12.4. The van der Waals surface area contributed by atoms with E-state index in [0.717, 1.165) is 6.42 Å². The molecule has 0 amide bonds. The van der Waals surface area contributed by atoms with Crippen molar-refractivity contribution >= 4 is 23.7 Å². The van der Waals surface area contributed by atoms with E-state index in [1.807, 2.05) is 0 Å². The zero-order valence-corrected chi connectivity index (χ0v) is 20.2. The van der Waals surface area contributed by atoms with Crippen molar-refractivity contribution in [3.63, 3.8) is 0 Å². The second-order valence-electron chi connectivity index (χ2n) is 11.2. The van der Waals surface area contributed by atoms with Crippen LogP contribution in [0.5, 0.6) is 0 Å². The van der Waals surface area contributed by atoms with Crippen LogP contribution in [0.3, 0.4) is 0 Å². The standard InChI is InChI=1S/C25H36O8/c1-13(26)32-16-8-9-23(3)15(10-16)6-7-17-21(23)19(28)12-24(4)18(22(29)31-5)11-20(25(17,24)30)33-14(2)27/h15-18,20-21,30H,6-12H2,1-5H3/t15-,16+,17-,18-,20+,21-,23+,24-,25+/m1/s1. The first kappa shape index (κ1) is 24.2. The Morgan fingerprint density at radius 2 is 1.67 bits per heavy atom. The second-order valence-corrected chi connectivity index (χ2v) is 11.2. The van der Waals surface area contributed by atoms with Gasteiger partial charge in [0.15, 0.2) is 0 Å². The van der Waals surface area contributed by atoms with Gasteiger partial charge in [-0.25, -0.2) is 0 Å². The molecule has 0 bridgehead atoms. The van der Waals surface area contributed by atoms with Crippen LogP contribution in [0.1, 0.15) is 72.6 Å². The number of ketones is 1. The van der Waals surface area contributed by atoms with Gasteiger partial charge in [-0.15, -0.1) is 0 Å². The molecule has 0 unspecified atom stereocenters. The molecule has 9 atom stereocenters. The van der Waals surface area contributed by atoms with E-state index in [1.54, 1.807) is 6.92 Å². The molecule has 33 heavy (non-hydrogen) atoms. The van der Waals surface area contributed by atoms with Crippen LogP contribution in [0.2, 0.25) is 0 Å². The predicted molar refractivity (Wildman–Crippen MR) is 116 cm³/mol. The molecule has 0 aromatic carbocycles. The van der Waals surface area contributed by atoms with E-state index in [4.69, 9.17) is 14.2 Å². The van der Waals surface area contributed by atoms with Gasteiger partial charge in [0, 0.05) is 43.9 Å². The Hall–Kier alpha value is -1.96. The third kappa shape index (κ3) is 3.43. The third-order valence-electron chi connectivity index (χ3n) is 9.63. The summed E-state index contributed by atoms with van der Waals surface area (Å²) in [6.07, 6.45) is 2.63. The number of rotatable bonds is 3. The van der Waals surface area contributed by atoms with Gasteiger partial charge in [-0.3, -0.25) is 19.2 Å². The summed E-state index contributed by atoms with van der Waals surface area (Å²) < 4.78 is 16.1. The van der Waals surface area contributed by atoms with Gasteiger partial charge in [0.25, 0.3) is 0 Å². The average Bonchev–Trinajstić information content (AvgIpc) is 2.94. The minimum absolute atomic E-state index is 0.0396. The van der Waals surface area contributed by atoms with Gasteiger partial charge in [-0.2, -0.15) is 0 Å². The fourth-order valence-corrected chi connectivity index (χ4v) is 8.19. The van der Waals surface area contributed by atoms with E-state index in [-0.39, 0.29) is 42.0 Å². The van der Waals surface area contributed by atoms with E-state index in [2.05, 4.69) is 6.92 Å². The number of esters is 3. The zero-order chi connectivity index (χ0) is 24.3. The van der Waals surface area contributed by atoms with E-state index in [0.29, 0.717) is 25.7 Å². The number of carbonyl (C=O) groups is 4. The van der Waals surface area contributed by atoms with Gasteiger partial charge in [-0.1, -0.05) is 13.8 Å². The zero-order valence-electron chi connectivity index (χ0n) is 20.2. The number of methoxy groups -OCH3 is 1. The van der Waals surface area contributed by atoms with Crippen molar-refractivity contribution in [2.24, 2.45) is 34.5 Å². The van der Waals surface area contributed by atoms with Crippen LogP contribution in [0.15, 0.2) is 0 Å². The average molecular weight is 465 g/mol. The molecule has 1 N–H and O–H groups in total. The second kappa shape index (κ2) is 8.07. The Bertz CT molecular complexity index is 868. The van der Waals surface area contributed by atoms with Crippen molar-refractivity contribution in [1.29, 1.82) is 0 Å². The number of carbonyl (C=O) groups excluding carboxylic acids is 4. The molecule has 0 spiro atoms. The van der Waals surface area contributed by atoms with Crippen molar-refractivity contribution in [3.8, 4) is 0 Å². The van der Waals surface area contributed by atoms with E-state index >= 15 is 0 Å². The molecule has 0 heterocycles. The lowest BCUT2D eigenvalue weighted by Gasteiger charge is -2.62. The number of ether oxygens (including phenoxy) is 3. The summed E-state index contributed by atoms with van der Waals surface area (Å²) in [5.41, 5.74) is -2.93. The molecular weight excluding hydrogens is 428 g/mol. The monoisotopic (exact) mass is 464 g/mol. The molecule has 0 aliphatic heterocycles. The van der Waals surface area contributed by atoms with Gasteiger partial charge in [0.2, 0.25) is 0 Å². The summed E-state index contributed by atoms with van der Waals surface area (Å²) in [4.78, 5) is 49.9. The normalized spacial score (nSPS) is 46.4. The Morgan fingerprint density at radius 1 is 1.00 bits per heavy atom. The van der Waals surface area contributed by atoms with Gasteiger partial charge >= 0.3 is 17.9 Å². The Balaban J connectivity index is 1.72. The number of Topliss-reactive ketones (excluding diaryl/α,β-unsaturated/α-hetero) is 1. The fourth-order valence-electron chi connectivity index (χ4n) is 8.19. The molecule has 0 aromatic rings. The van der Waals surface area contributed by atoms with Crippen molar-refractivity contribution in [2.75, 3.05) is 7.11 Å². The van der Waals surface area contributed by atoms with Crippen LogP contribution in [-0.2, 0) is 33.4 Å². The number of hydrogen-bond donors (Lipinski definition) is 1. The quantitative estimate of drug-likeness (QED) is 0.500. The highest BCUT2D eigenvalue weighted by Crippen LogP contribution is 2.68. The van der Waals surface area contributed by atoms with E-state index in [9.17, 15) is 24.3 Å². The highest BCUT2D eigenvalue weighted by atomic mass is 16.6. The largest absolute Gasteiger partial charge is 0.469 e.